The number of hydrogen-bond donors (Lipinski definition) is 0. The lowest BCUT2D eigenvalue weighted by molar-refractivity contribution is -0.142. The minimum atomic E-state index is -4.58. The van der Waals surface area contributed by atoms with Gasteiger partial charge in [-0.25, -0.2) is 14.3 Å². The van der Waals surface area contributed by atoms with Crippen molar-refractivity contribution in [1.82, 2.24) is 24.5 Å². The van der Waals surface area contributed by atoms with Gasteiger partial charge in [0.2, 0.25) is 0 Å². The summed E-state index contributed by atoms with van der Waals surface area (Å²) in [5.74, 6) is 0. The zero-order valence-electron chi connectivity index (χ0n) is 17.0. The number of aromatic nitrogens is 5. The minimum Gasteiger partial charge on any atom is -0.248 e. The van der Waals surface area contributed by atoms with Gasteiger partial charge >= 0.3 is 12.4 Å². The molecule has 0 unspecified atom stereocenters. The highest BCUT2D eigenvalue weighted by molar-refractivity contribution is 5.89. The van der Waals surface area contributed by atoms with E-state index in [0.717, 1.165) is 21.5 Å². The number of para-hydroxylation sites is 1. The summed E-state index contributed by atoms with van der Waals surface area (Å²) in [4.78, 5) is 4.59. The van der Waals surface area contributed by atoms with Gasteiger partial charge in [-0.2, -0.15) is 36.5 Å². The van der Waals surface area contributed by atoms with Crippen LogP contribution in [0.2, 0.25) is 0 Å². The first-order chi connectivity index (χ1) is 16.1. The maximum Gasteiger partial charge on any atom is 0.435 e. The number of halogens is 6. The summed E-state index contributed by atoms with van der Waals surface area (Å²) in [6.45, 7) is 0. The molecule has 0 radical (unpaired) electrons. The SMILES string of the molecule is FC(F)(F)c1ccn(-c2ccc(-c3cc(-n4ccc(C(F)(F)F)n4)c4ccccc4n3)cc2)n1. The Morgan fingerprint density at radius 1 is 0.647 bits per heavy atom. The number of nitrogens with zero attached hydrogens (tertiary/aromatic N) is 5. The van der Waals surface area contributed by atoms with Gasteiger partial charge in [0, 0.05) is 23.3 Å². The standard InChI is InChI=1S/C23H13F6N5/c24-22(25,26)20-9-11-33(31-20)15-7-5-14(6-8-15)18-13-19(16-3-1-2-4-17(16)30-18)34-12-10-21(32-34)23(27,28)29/h1-13H. The number of benzene rings is 2. The molecular weight excluding hydrogens is 460 g/mol. The highest BCUT2D eigenvalue weighted by Gasteiger charge is 2.34. The molecule has 0 saturated carbocycles. The molecule has 0 aliphatic heterocycles. The summed E-state index contributed by atoms with van der Waals surface area (Å²) in [5.41, 5.74) is 0.406. The molecule has 3 aromatic heterocycles. The van der Waals surface area contributed by atoms with Crippen LogP contribution in [-0.4, -0.2) is 24.5 Å². The Morgan fingerprint density at radius 3 is 1.85 bits per heavy atom. The zero-order valence-corrected chi connectivity index (χ0v) is 17.0. The third kappa shape index (κ3) is 4.00. The quantitative estimate of drug-likeness (QED) is 0.289. The van der Waals surface area contributed by atoms with Crippen LogP contribution in [0.5, 0.6) is 0 Å². The third-order valence-electron chi connectivity index (χ3n) is 5.13. The van der Waals surface area contributed by atoms with E-state index in [1.54, 1.807) is 54.6 Å². The van der Waals surface area contributed by atoms with E-state index in [1.165, 1.54) is 12.4 Å². The molecular formula is C23H13F6N5. The summed E-state index contributed by atoms with van der Waals surface area (Å²) in [6, 6.07) is 16.8. The summed E-state index contributed by atoms with van der Waals surface area (Å²) >= 11 is 0. The lowest BCUT2D eigenvalue weighted by atomic mass is 10.1. The lowest BCUT2D eigenvalue weighted by Gasteiger charge is -2.11. The molecule has 0 aliphatic rings. The van der Waals surface area contributed by atoms with Crippen molar-refractivity contribution in [3.05, 3.63) is 90.5 Å². The average Bonchev–Trinajstić information content (AvgIpc) is 3.48. The van der Waals surface area contributed by atoms with Crippen molar-refractivity contribution in [2.75, 3.05) is 0 Å². The molecule has 5 rings (SSSR count). The van der Waals surface area contributed by atoms with Gasteiger partial charge in [-0.15, -0.1) is 0 Å². The second-order valence-electron chi connectivity index (χ2n) is 7.38. The van der Waals surface area contributed by atoms with Gasteiger partial charge < -0.3 is 0 Å². The molecule has 0 spiro atoms. The van der Waals surface area contributed by atoms with E-state index in [-0.39, 0.29) is 0 Å². The highest BCUT2D eigenvalue weighted by atomic mass is 19.4. The van der Waals surface area contributed by atoms with Crippen molar-refractivity contribution in [3.63, 3.8) is 0 Å². The van der Waals surface area contributed by atoms with E-state index in [4.69, 9.17) is 0 Å². The predicted octanol–water partition coefficient (Wildman–Crippen LogP) is 6.31. The van der Waals surface area contributed by atoms with E-state index in [9.17, 15) is 26.3 Å². The predicted molar refractivity (Wildman–Crippen MR) is 111 cm³/mol. The van der Waals surface area contributed by atoms with Crippen molar-refractivity contribution in [2.45, 2.75) is 12.4 Å². The van der Waals surface area contributed by atoms with Gasteiger partial charge in [0.15, 0.2) is 11.4 Å². The van der Waals surface area contributed by atoms with Crippen LogP contribution in [-0.2, 0) is 12.4 Å². The maximum absolute atomic E-state index is 13.1. The van der Waals surface area contributed by atoms with Crippen LogP contribution in [0.4, 0.5) is 26.3 Å². The van der Waals surface area contributed by atoms with Crippen LogP contribution in [0.3, 0.4) is 0 Å². The molecule has 2 aromatic carbocycles. The third-order valence-corrected chi connectivity index (χ3v) is 5.13. The first kappa shape index (κ1) is 21.7. The number of alkyl halides is 6. The molecule has 3 heterocycles. The van der Waals surface area contributed by atoms with Gasteiger partial charge in [0.1, 0.15) is 0 Å². The van der Waals surface area contributed by atoms with E-state index >= 15 is 0 Å². The summed E-state index contributed by atoms with van der Waals surface area (Å²) in [7, 11) is 0. The normalized spacial score (nSPS) is 12.4. The van der Waals surface area contributed by atoms with E-state index in [2.05, 4.69) is 15.2 Å². The molecule has 34 heavy (non-hydrogen) atoms. The Hall–Kier alpha value is -4.15. The lowest BCUT2D eigenvalue weighted by Crippen LogP contribution is -2.07. The van der Waals surface area contributed by atoms with Crippen LogP contribution in [0.15, 0.2) is 79.1 Å². The maximum atomic E-state index is 13.1. The van der Waals surface area contributed by atoms with Crippen molar-refractivity contribution in [2.24, 2.45) is 0 Å². The molecule has 0 amide bonds. The van der Waals surface area contributed by atoms with Gasteiger partial charge in [-0.05, 0) is 36.4 Å². The zero-order chi connectivity index (χ0) is 24.1. The monoisotopic (exact) mass is 473 g/mol. The fraction of sp³-hybridized carbons (Fsp3) is 0.0870. The molecule has 0 N–H and O–H groups in total. The smallest absolute Gasteiger partial charge is 0.248 e. The molecule has 0 bridgehead atoms. The molecule has 172 valence electrons. The largest absolute Gasteiger partial charge is 0.435 e. The van der Waals surface area contributed by atoms with Gasteiger partial charge in [-0.3, -0.25) is 0 Å². The Balaban J connectivity index is 1.56. The summed E-state index contributed by atoms with van der Waals surface area (Å²) in [6.07, 6.45) is -6.69. The Morgan fingerprint density at radius 2 is 1.24 bits per heavy atom. The first-order valence-corrected chi connectivity index (χ1v) is 9.86. The van der Waals surface area contributed by atoms with Crippen molar-refractivity contribution in [1.29, 1.82) is 0 Å². The molecule has 0 fully saturated rings. The van der Waals surface area contributed by atoms with Crippen LogP contribution in [0.1, 0.15) is 11.4 Å². The summed E-state index contributed by atoms with van der Waals surface area (Å²) in [5, 5.41) is 7.82. The van der Waals surface area contributed by atoms with E-state index in [0.29, 0.717) is 33.5 Å². The second-order valence-corrected chi connectivity index (χ2v) is 7.38. The average molecular weight is 473 g/mol. The Kier molecular flexibility index (Phi) is 4.92. The van der Waals surface area contributed by atoms with Crippen molar-refractivity contribution in [3.8, 4) is 22.6 Å². The molecule has 5 aromatic rings. The Labute approximate surface area is 187 Å². The molecule has 5 nitrogen and oxygen atoms in total. The van der Waals surface area contributed by atoms with Crippen LogP contribution >= 0.6 is 0 Å². The number of pyridine rings is 1. The van der Waals surface area contributed by atoms with Gasteiger partial charge in [-0.1, -0.05) is 30.3 Å². The van der Waals surface area contributed by atoms with Crippen LogP contribution in [0.25, 0.3) is 33.5 Å². The van der Waals surface area contributed by atoms with E-state index < -0.39 is 23.7 Å². The molecule has 0 saturated heterocycles. The number of rotatable bonds is 3. The molecule has 0 aliphatic carbocycles. The van der Waals surface area contributed by atoms with Gasteiger partial charge in [0.25, 0.3) is 0 Å². The highest BCUT2D eigenvalue weighted by Crippen LogP contribution is 2.32. The van der Waals surface area contributed by atoms with Crippen LogP contribution in [0, 0.1) is 0 Å². The van der Waals surface area contributed by atoms with Crippen molar-refractivity contribution < 1.29 is 26.3 Å². The fourth-order valence-corrected chi connectivity index (χ4v) is 3.51. The van der Waals surface area contributed by atoms with Crippen molar-refractivity contribution >= 4 is 10.9 Å². The topological polar surface area (TPSA) is 48.5 Å². The Bertz CT molecular complexity index is 1480. The minimum absolute atomic E-state index is 0.405. The second kappa shape index (κ2) is 7.72. The summed E-state index contributed by atoms with van der Waals surface area (Å²) < 4.78 is 79.9. The first-order valence-electron chi connectivity index (χ1n) is 9.86. The van der Waals surface area contributed by atoms with E-state index in [1.807, 2.05) is 0 Å². The van der Waals surface area contributed by atoms with Crippen LogP contribution < -0.4 is 0 Å². The number of fused-ring (bicyclic) bond motifs is 1. The fourth-order valence-electron chi connectivity index (χ4n) is 3.51. The molecule has 0 atom stereocenters. The molecule has 11 heteroatoms. The van der Waals surface area contributed by atoms with Gasteiger partial charge in [0.05, 0.1) is 22.6 Å². The number of hydrogen-bond acceptors (Lipinski definition) is 3.